The zero-order valence-electron chi connectivity index (χ0n) is 5.96. The maximum Gasteiger partial charge on any atom is 0.226 e. The summed E-state index contributed by atoms with van der Waals surface area (Å²) >= 11 is 0. The van der Waals surface area contributed by atoms with Gasteiger partial charge < -0.3 is 5.32 Å². The van der Waals surface area contributed by atoms with Crippen molar-refractivity contribution < 1.29 is 9.72 Å². The van der Waals surface area contributed by atoms with Crippen LogP contribution in [0.1, 0.15) is 13.3 Å². The molecule has 0 fully saturated rings. The van der Waals surface area contributed by atoms with Crippen molar-refractivity contribution in [1.82, 2.24) is 5.32 Å². The molecule has 5 heteroatoms. The highest BCUT2D eigenvalue weighted by molar-refractivity contribution is 5.75. The van der Waals surface area contributed by atoms with Crippen LogP contribution in [0.15, 0.2) is 0 Å². The van der Waals surface area contributed by atoms with Gasteiger partial charge in [0, 0.05) is 18.9 Å². The average molecular weight is 146 g/mol. The molecule has 0 spiro atoms. The Balaban J connectivity index is 3.68. The number of nitrogens with zero attached hydrogens (tertiary/aromatic N) is 1. The highest BCUT2D eigenvalue weighted by atomic mass is 16.6. The predicted molar refractivity (Wildman–Crippen MR) is 35.1 cm³/mol. The molecule has 1 unspecified atom stereocenters. The fourth-order valence-electron chi connectivity index (χ4n) is 0.445. The molecule has 0 aromatic heterocycles. The summed E-state index contributed by atoms with van der Waals surface area (Å²) in [4.78, 5) is 20.0. The van der Waals surface area contributed by atoms with Crippen LogP contribution < -0.4 is 5.32 Å². The molecule has 0 aromatic rings. The van der Waals surface area contributed by atoms with Gasteiger partial charge in [0.05, 0.1) is 6.42 Å². The van der Waals surface area contributed by atoms with E-state index in [4.69, 9.17) is 0 Å². The molecule has 58 valence electrons. The molecule has 0 heterocycles. The third-order valence-corrected chi connectivity index (χ3v) is 1.12. The maximum absolute atomic E-state index is 10.5. The van der Waals surface area contributed by atoms with Crippen LogP contribution in [0.5, 0.6) is 0 Å². The van der Waals surface area contributed by atoms with E-state index in [-0.39, 0.29) is 12.3 Å². The van der Waals surface area contributed by atoms with Gasteiger partial charge in [-0.05, 0) is 0 Å². The molecule has 0 radical (unpaired) electrons. The van der Waals surface area contributed by atoms with Crippen LogP contribution in [-0.4, -0.2) is 23.9 Å². The Labute approximate surface area is 58.6 Å². The van der Waals surface area contributed by atoms with Gasteiger partial charge in [0.1, 0.15) is 0 Å². The summed E-state index contributed by atoms with van der Waals surface area (Å²) in [5.41, 5.74) is 0. The fraction of sp³-hybridized carbons (Fsp3) is 0.800. The highest BCUT2D eigenvalue weighted by Crippen LogP contribution is 1.93. The van der Waals surface area contributed by atoms with Gasteiger partial charge in [-0.1, -0.05) is 0 Å². The van der Waals surface area contributed by atoms with Crippen molar-refractivity contribution in [3.63, 3.8) is 0 Å². The second kappa shape index (κ2) is 3.81. The Kier molecular flexibility index (Phi) is 3.38. The lowest BCUT2D eigenvalue weighted by molar-refractivity contribution is -0.516. The van der Waals surface area contributed by atoms with Gasteiger partial charge >= 0.3 is 0 Å². The Hall–Kier alpha value is -1.13. The Bertz CT molecular complexity index is 146. The Morgan fingerprint density at radius 3 is 2.60 bits per heavy atom. The van der Waals surface area contributed by atoms with E-state index >= 15 is 0 Å². The lowest BCUT2D eigenvalue weighted by atomic mass is 10.2. The maximum atomic E-state index is 10.5. The molecule has 0 bridgehead atoms. The van der Waals surface area contributed by atoms with Gasteiger partial charge in [-0.2, -0.15) is 0 Å². The number of hydrogen-bond acceptors (Lipinski definition) is 3. The van der Waals surface area contributed by atoms with Gasteiger partial charge in [0.2, 0.25) is 11.9 Å². The third-order valence-electron chi connectivity index (χ3n) is 1.12. The summed E-state index contributed by atoms with van der Waals surface area (Å²) in [6.45, 7) is 1.40. The number of nitro groups is 1. The molecule has 0 saturated carbocycles. The Morgan fingerprint density at radius 2 is 2.30 bits per heavy atom. The molecule has 0 aliphatic heterocycles. The van der Waals surface area contributed by atoms with Crippen molar-refractivity contribution >= 4 is 5.91 Å². The van der Waals surface area contributed by atoms with Crippen LogP contribution >= 0.6 is 0 Å². The summed E-state index contributed by atoms with van der Waals surface area (Å²) in [5.74, 6) is -0.302. The second-order valence-corrected chi connectivity index (χ2v) is 2.01. The minimum Gasteiger partial charge on any atom is -0.359 e. The standard InChI is InChI=1S/C5H10N2O3/c1-4(7(9)10)3-5(8)6-2/h4H,3H2,1-2H3,(H,6,8). The van der Waals surface area contributed by atoms with Crippen molar-refractivity contribution in [3.8, 4) is 0 Å². The van der Waals surface area contributed by atoms with E-state index in [1.807, 2.05) is 0 Å². The zero-order valence-corrected chi connectivity index (χ0v) is 5.96. The molecule has 1 atom stereocenters. The van der Waals surface area contributed by atoms with Gasteiger partial charge in [-0.25, -0.2) is 0 Å². The van der Waals surface area contributed by atoms with E-state index < -0.39 is 11.0 Å². The number of carbonyl (C=O) groups excluding carboxylic acids is 1. The zero-order chi connectivity index (χ0) is 8.15. The SMILES string of the molecule is CNC(=O)CC(C)[N+](=O)[O-]. The molecular weight excluding hydrogens is 136 g/mol. The first-order valence-corrected chi connectivity index (χ1v) is 2.92. The van der Waals surface area contributed by atoms with Crippen LogP contribution in [0.3, 0.4) is 0 Å². The van der Waals surface area contributed by atoms with Crippen molar-refractivity contribution in [2.45, 2.75) is 19.4 Å². The first kappa shape index (κ1) is 8.87. The molecule has 5 nitrogen and oxygen atoms in total. The van der Waals surface area contributed by atoms with Crippen LogP contribution in [0, 0.1) is 10.1 Å². The number of hydrogen-bond donors (Lipinski definition) is 1. The fourth-order valence-corrected chi connectivity index (χ4v) is 0.445. The van der Waals surface area contributed by atoms with E-state index in [2.05, 4.69) is 5.32 Å². The van der Waals surface area contributed by atoms with E-state index in [0.29, 0.717) is 0 Å². The quantitative estimate of drug-likeness (QED) is 0.442. The Morgan fingerprint density at radius 1 is 1.80 bits per heavy atom. The second-order valence-electron chi connectivity index (χ2n) is 2.01. The van der Waals surface area contributed by atoms with Gasteiger partial charge in [-0.15, -0.1) is 0 Å². The van der Waals surface area contributed by atoms with E-state index in [0.717, 1.165) is 0 Å². The molecule has 0 aliphatic rings. The minimum atomic E-state index is -0.792. The molecule has 10 heavy (non-hydrogen) atoms. The predicted octanol–water partition coefficient (Wildman–Crippen LogP) is -0.212. The monoisotopic (exact) mass is 146 g/mol. The van der Waals surface area contributed by atoms with Crippen molar-refractivity contribution in [2.24, 2.45) is 0 Å². The topological polar surface area (TPSA) is 72.2 Å². The molecule has 0 aromatic carbocycles. The summed E-state index contributed by atoms with van der Waals surface area (Å²) in [6, 6.07) is -0.792. The van der Waals surface area contributed by atoms with Crippen LogP contribution in [0.25, 0.3) is 0 Å². The molecule has 1 N–H and O–H groups in total. The molecular formula is C5H10N2O3. The lowest BCUT2D eigenvalue weighted by Crippen LogP contribution is -2.26. The minimum absolute atomic E-state index is 0.0521. The first-order chi connectivity index (χ1) is 4.57. The molecule has 0 rings (SSSR count). The summed E-state index contributed by atoms with van der Waals surface area (Å²) in [6.07, 6.45) is -0.0521. The highest BCUT2D eigenvalue weighted by Gasteiger charge is 2.16. The van der Waals surface area contributed by atoms with Crippen molar-refractivity contribution in [3.05, 3.63) is 10.1 Å². The largest absolute Gasteiger partial charge is 0.359 e. The van der Waals surface area contributed by atoms with Crippen molar-refractivity contribution in [2.75, 3.05) is 7.05 Å². The van der Waals surface area contributed by atoms with E-state index in [9.17, 15) is 14.9 Å². The van der Waals surface area contributed by atoms with Crippen molar-refractivity contribution in [1.29, 1.82) is 0 Å². The third kappa shape index (κ3) is 3.01. The summed E-state index contributed by atoms with van der Waals surface area (Å²) in [7, 11) is 1.45. The number of carbonyl (C=O) groups is 1. The summed E-state index contributed by atoms with van der Waals surface area (Å²) < 4.78 is 0. The van der Waals surface area contributed by atoms with E-state index in [1.54, 1.807) is 0 Å². The lowest BCUT2D eigenvalue weighted by Gasteiger charge is -2.00. The summed E-state index contributed by atoms with van der Waals surface area (Å²) in [5, 5.41) is 12.3. The van der Waals surface area contributed by atoms with Gasteiger partial charge in [0.15, 0.2) is 0 Å². The molecule has 0 aliphatic carbocycles. The van der Waals surface area contributed by atoms with Crippen LogP contribution in [0.2, 0.25) is 0 Å². The molecule has 1 amide bonds. The normalized spacial score (nSPS) is 12.2. The van der Waals surface area contributed by atoms with Crippen LogP contribution in [-0.2, 0) is 4.79 Å². The number of nitrogens with one attached hydrogen (secondary N) is 1. The number of amides is 1. The smallest absolute Gasteiger partial charge is 0.226 e. The number of rotatable bonds is 3. The first-order valence-electron chi connectivity index (χ1n) is 2.92. The van der Waals surface area contributed by atoms with E-state index in [1.165, 1.54) is 14.0 Å². The average Bonchev–Trinajstić information content (AvgIpc) is 1.87. The van der Waals surface area contributed by atoms with Crippen LogP contribution in [0.4, 0.5) is 0 Å². The van der Waals surface area contributed by atoms with Gasteiger partial charge in [-0.3, -0.25) is 14.9 Å². The molecule has 0 saturated heterocycles. The van der Waals surface area contributed by atoms with Gasteiger partial charge in [0.25, 0.3) is 0 Å².